The first-order valence-electron chi connectivity index (χ1n) is 18.4. The zero-order chi connectivity index (χ0) is 37.7. The summed E-state index contributed by atoms with van der Waals surface area (Å²) in [4.78, 5) is 64.2. The van der Waals surface area contributed by atoms with Crippen LogP contribution in [0.5, 0.6) is 0 Å². The number of aromatic nitrogens is 2. The Labute approximate surface area is 307 Å². The van der Waals surface area contributed by atoms with Crippen molar-refractivity contribution in [2.75, 3.05) is 31.6 Å². The summed E-state index contributed by atoms with van der Waals surface area (Å²) in [6.45, 7) is 17.0. The van der Waals surface area contributed by atoms with Crippen LogP contribution in [-0.2, 0) is 23.9 Å². The average Bonchev–Trinajstić information content (AvgIpc) is 3.80. The van der Waals surface area contributed by atoms with Gasteiger partial charge in [-0.1, -0.05) is 71.0 Å². The lowest BCUT2D eigenvalue weighted by molar-refractivity contribution is -0.145. The Bertz CT molecular complexity index is 1710. The van der Waals surface area contributed by atoms with Gasteiger partial charge in [-0.3, -0.25) is 14.4 Å². The molecule has 280 valence electrons. The molecule has 3 aromatic rings. The average molecular weight is 715 g/mol. The van der Waals surface area contributed by atoms with E-state index in [2.05, 4.69) is 34.4 Å². The van der Waals surface area contributed by atoms with Crippen molar-refractivity contribution in [2.45, 2.75) is 92.0 Å². The number of hydrogen-bond acceptors (Lipinski definition) is 7. The molecule has 0 radical (unpaired) electrons. The van der Waals surface area contributed by atoms with E-state index >= 15 is 0 Å². The molecular weight excluding hydrogens is 660 g/mol. The van der Waals surface area contributed by atoms with E-state index in [-0.39, 0.29) is 41.5 Å². The summed E-state index contributed by atoms with van der Waals surface area (Å²) >= 11 is 0. The molecule has 52 heavy (non-hydrogen) atoms. The van der Waals surface area contributed by atoms with Crippen LogP contribution < -0.4 is 10.6 Å². The zero-order valence-electron chi connectivity index (χ0n) is 31.7. The second kappa shape index (κ2) is 16.3. The molecule has 0 aliphatic carbocycles. The molecule has 2 aliphatic rings. The zero-order valence-corrected chi connectivity index (χ0v) is 31.7. The Hall–Kier alpha value is -4.71. The number of carbonyl (C=O) groups excluding carboxylic acids is 4. The smallest absolute Gasteiger partial charge is 0.408 e. The molecule has 0 spiro atoms. The minimum Gasteiger partial charge on any atom is -0.444 e. The Morgan fingerprint density at radius 2 is 1.50 bits per heavy atom. The SMILES string of the molecule is CC(C)[C@@H](C)C(=O)N1CCOC[C@H]1c1ncc(-c2ccc(-c3ccc(NC(=O)[C@@H]4CCCN4C(=O)[C@H](NC(=O)OC(C)(C)C)C(C)C)cc3)cc2)[nH]1. The second-order valence-electron chi connectivity index (χ2n) is 15.5. The van der Waals surface area contributed by atoms with Crippen molar-refractivity contribution in [1.82, 2.24) is 25.1 Å². The predicted molar refractivity (Wildman–Crippen MR) is 200 cm³/mol. The number of imidazole rings is 1. The van der Waals surface area contributed by atoms with E-state index in [9.17, 15) is 19.2 Å². The summed E-state index contributed by atoms with van der Waals surface area (Å²) in [6.07, 6.45) is 2.37. The van der Waals surface area contributed by atoms with E-state index in [1.807, 2.05) is 74.2 Å². The largest absolute Gasteiger partial charge is 0.444 e. The van der Waals surface area contributed by atoms with Crippen molar-refractivity contribution in [2.24, 2.45) is 17.8 Å². The van der Waals surface area contributed by atoms with E-state index < -0.39 is 23.8 Å². The molecule has 0 saturated carbocycles. The number of nitrogens with zero attached hydrogens (tertiary/aromatic N) is 3. The van der Waals surface area contributed by atoms with Gasteiger partial charge in [0.1, 0.15) is 29.6 Å². The van der Waals surface area contributed by atoms with Gasteiger partial charge in [-0.05, 0) is 74.3 Å². The Kier molecular flexibility index (Phi) is 12.1. The van der Waals surface area contributed by atoms with Gasteiger partial charge in [0.15, 0.2) is 0 Å². The van der Waals surface area contributed by atoms with Gasteiger partial charge in [-0.25, -0.2) is 9.78 Å². The topological polar surface area (TPSA) is 146 Å². The van der Waals surface area contributed by atoms with Crippen LogP contribution in [0, 0.1) is 17.8 Å². The minimum absolute atomic E-state index is 0.0832. The molecule has 3 heterocycles. The van der Waals surface area contributed by atoms with Crippen LogP contribution in [0.4, 0.5) is 10.5 Å². The number of morpholine rings is 1. The molecule has 2 aromatic carbocycles. The van der Waals surface area contributed by atoms with E-state index in [1.165, 1.54) is 0 Å². The van der Waals surface area contributed by atoms with Crippen molar-refractivity contribution in [3.8, 4) is 22.4 Å². The normalized spacial score (nSPS) is 19.0. The van der Waals surface area contributed by atoms with Crippen molar-refractivity contribution in [1.29, 1.82) is 0 Å². The summed E-state index contributed by atoms with van der Waals surface area (Å²) in [5.41, 5.74) is 3.74. The number of hydrogen-bond donors (Lipinski definition) is 3. The molecule has 2 aliphatic heterocycles. The number of aromatic amines is 1. The minimum atomic E-state index is -0.810. The number of carbonyl (C=O) groups is 4. The molecule has 0 unspecified atom stereocenters. The molecular formula is C40H54N6O6. The number of alkyl carbamates (subject to hydrolysis) is 1. The van der Waals surface area contributed by atoms with E-state index in [4.69, 9.17) is 9.47 Å². The first-order chi connectivity index (χ1) is 24.6. The van der Waals surface area contributed by atoms with Gasteiger partial charge in [0.05, 0.1) is 25.1 Å². The van der Waals surface area contributed by atoms with Crippen LogP contribution in [0.1, 0.15) is 80.1 Å². The standard InChI is InChI=1S/C40H54N6O6/c1-24(2)26(5)37(48)46-20-21-51-23-33(46)35-41-22-31(43-35)29-13-11-27(12-14-29)28-15-17-30(18-16-28)42-36(47)32-10-9-19-45(32)38(49)34(25(3)4)44-39(50)52-40(6,7)8/h11-18,22,24-26,32-34H,9-10,19-21,23H2,1-8H3,(H,41,43)(H,42,47)(H,44,50)/t26-,32+,33+,34-/m1/s1. The number of likely N-dealkylation sites (tertiary alicyclic amines) is 1. The highest BCUT2D eigenvalue weighted by Crippen LogP contribution is 2.30. The van der Waals surface area contributed by atoms with E-state index in [1.54, 1.807) is 31.9 Å². The fraction of sp³-hybridized carbons (Fsp3) is 0.525. The maximum atomic E-state index is 13.6. The number of H-pyrrole nitrogens is 1. The first kappa shape index (κ1) is 38.5. The Balaban J connectivity index is 1.20. The summed E-state index contributed by atoms with van der Waals surface area (Å²) < 4.78 is 11.1. The van der Waals surface area contributed by atoms with Gasteiger partial charge in [-0.2, -0.15) is 0 Å². The highest BCUT2D eigenvalue weighted by atomic mass is 16.6. The van der Waals surface area contributed by atoms with Crippen molar-refractivity contribution in [3.05, 3.63) is 60.6 Å². The molecule has 0 bridgehead atoms. The van der Waals surface area contributed by atoms with E-state index in [0.717, 1.165) is 22.4 Å². The fourth-order valence-corrected chi connectivity index (χ4v) is 6.54. The number of ether oxygens (including phenoxy) is 2. The fourth-order valence-electron chi connectivity index (χ4n) is 6.54. The lowest BCUT2D eigenvalue weighted by atomic mass is 9.95. The monoisotopic (exact) mass is 714 g/mol. The van der Waals surface area contributed by atoms with Gasteiger partial charge < -0.3 is 34.9 Å². The molecule has 4 atom stereocenters. The van der Waals surface area contributed by atoms with Gasteiger partial charge in [0.25, 0.3) is 0 Å². The van der Waals surface area contributed by atoms with Crippen LogP contribution in [0.3, 0.4) is 0 Å². The highest BCUT2D eigenvalue weighted by molar-refractivity contribution is 5.99. The van der Waals surface area contributed by atoms with Crippen LogP contribution in [0.25, 0.3) is 22.4 Å². The van der Waals surface area contributed by atoms with Gasteiger partial charge >= 0.3 is 6.09 Å². The van der Waals surface area contributed by atoms with Crippen molar-refractivity contribution >= 4 is 29.5 Å². The number of benzene rings is 2. The van der Waals surface area contributed by atoms with Gasteiger partial charge in [0, 0.05) is 24.7 Å². The number of nitrogens with one attached hydrogen (secondary N) is 3. The van der Waals surface area contributed by atoms with Gasteiger partial charge in [0.2, 0.25) is 17.7 Å². The van der Waals surface area contributed by atoms with Crippen molar-refractivity contribution < 1.29 is 28.7 Å². The van der Waals surface area contributed by atoms with Crippen LogP contribution in [0.2, 0.25) is 0 Å². The molecule has 5 rings (SSSR count). The number of anilines is 1. The van der Waals surface area contributed by atoms with Crippen LogP contribution in [0.15, 0.2) is 54.7 Å². The quantitative estimate of drug-likeness (QED) is 0.220. The number of amides is 4. The predicted octanol–water partition coefficient (Wildman–Crippen LogP) is 6.41. The maximum Gasteiger partial charge on any atom is 0.408 e. The second-order valence-corrected chi connectivity index (χ2v) is 15.5. The Morgan fingerprint density at radius 3 is 2.12 bits per heavy atom. The maximum absolute atomic E-state index is 13.6. The van der Waals surface area contributed by atoms with E-state index in [0.29, 0.717) is 50.7 Å². The lowest BCUT2D eigenvalue weighted by Gasteiger charge is -2.36. The van der Waals surface area contributed by atoms with Crippen molar-refractivity contribution in [3.63, 3.8) is 0 Å². The summed E-state index contributed by atoms with van der Waals surface area (Å²) in [5, 5.41) is 5.69. The Morgan fingerprint density at radius 1 is 0.865 bits per heavy atom. The molecule has 12 nitrogen and oxygen atoms in total. The first-order valence-corrected chi connectivity index (χ1v) is 18.4. The molecule has 2 fully saturated rings. The highest BCUT2D eigenvalue weighted by Gasteiger charge is 2.39. The molecule has 3 N–H and O–H groups in total. The van der Waals surface area contributed by atoms with Crippen LogP contribution in [-0.4, -0.2) is 87.6 Å². The van der Waals surface area contributed by atoms with Crippen LogP contribution >= 0.6 is 0 Å². The lowest BCUT2D eigenvalue weighted by Crippen LogP contribution is -2.55. The molecule has 12 heteroatoms. The van der Waals surface area contributed by atoms with Gasteiger partial charge in [-0.15, -0.1) is 0 Å². The molecule has 4 amide bonds. The summed E-state index contributed by atoms with van der Waals surface area (Å²) in [7, 11) is 0. The molecule has 1 aromatic heterocycles. The molecule has 2 saturated heterocycles. The third kappa shape index (κ3) is 9.20. The third-order valence-corrected chi connectivity index (χ3v) is 9.84. The summed E-state index contributed by atoms with van der Waals surface area (Å²) in [5.74, 6) is 0.251. The third-order valence-electron chi connectivity index (χ3n) is 9.84. The number of rotatable bonds is 10. The summed E-state index contributed by atoms with van der Waals surface area (Å²) in [6, 6.07) is 14.0.